The molecule has 5 unspecified atom stereocenters. The van der Waals surface area contributed by atoms with Crippen LogP contribution in [0.2, 0.25) is 0 Å². The highest BCUT2D eigenvalue weighted by Crippen LogP contribution is 2.48. The van der Waals surface area contributed by atoms with Crippen LogP contribution in [0.25, 0.3) is 0 Å². The third kappa shape index (κ3) is 3.16. The zero-order valence-electron chi connectivity index (χ0n) is 12.9. The predicted molar refractivity (Wildman–Crippen MR) is 81.2 cm³/mol. The van der Waals surface area contributed by atoms with Crippen LogP contribution in [-0.2, 0) is 0 Å². The van der Waals surface area contributed by atoms with E-state index in [4.69, 9.17) is 0 Å². The predicted octanol–water partition coefficient (Wildman–Crippen LogP) is 3.13. The maximum atomic E-state index is 3.69. The molecule has 0 saturated heterocycles. The second-order valence-corrected chi connectivity index (χ2v) is 7.51. The first-order chi connectivity index (χ1) is 9.26. The Kier molecular flexibility index (Phi) is 4.48. The second-order valence-electron chi connectivity index (χ2n) is 7.51. The van der Waals surface area contributed by atoms with Crippen LogP contribution in [0.15, 0.2) is 0 Å². The number of hydrogen-bond acceptors (Lipinski definition) is 2. The lowest BCUT2D eigenvalue weighted by molar-refractivity contribution is 0.188. The van der Waals surface area contributed by atoms with Crippen LogP contribution < -0.4 is 5.32 Å². The van der Waals surface area contributed by atoms with Crippen molar-refractivity contribution in [1.29, 1.82) is 0 Å². The Balaban J connectivity index is 1.44. The molecule has 110 valence electrons. The van der Waals surface area contributed by atoms with Gasteiger partial charge in [-0.2, -0.15) is 0 Å². The molecule has 3 aliphatic rings. The summed E-state index contributed by atoms with van der Waals surface area (Å²) in [4.78, 5) is 2.66. The van der Waals surface area contributed by atoms with E-state index < -0.39 is 0 Å². The lowest BCUT2D eigenvalue weighted by atomic mass is 9.88. The van der Waals surface area contributed by atoms with Crippen molar-refractivity contribution in [3.8, 4) is 0 Å². The first-order valence-electron chi connectivity index (χ1n) is 8.68. The molecule has 0 aromatic heterocycles. The Morgan fingerprint density at radius 1 is 1.00 bits per heavy atom. The van der Waals surface area contributed by atoms with Gasteiger partial charge in [0, 0.05) is 19.1 Å². The molecule has 3 saturated carbocycles. The molecule has 2 bridgehead atoms. The molecule has 0 aromatic rings. The van der Waals surface area contributed by atoms with Gasteiger partial charge >= 0.3 is 0 Å². The van der Waals surface area contributed by atoms with Gasteiger partial charge in [-0.3, -0.25) is 0 Å². The van der Waals surface area contributed by atoms with E-state index in [0.29, 0.717) is 0 Å². The van der Waals surface area contributed by atoms with Gasteiger partial charge in [-0.1, -0.05) is 19.8 Å². The molecular formula is C17H32N2. The van der Waals surface area contributed by atoms with E-state index in [0.717, 1.165) is 36.3 Å². The van der Waals surface area contributed by atoms with Crippen molar-refractivity contribution in [2.75, 3.05) is 26.7 Å². The molecule has 1 N–H and O–H groups in total. The van der Waals surface area contributed by atoms with Gasteiger partial charge in [0.15, 0.2) is 0 Å². The molecular weight excluding hydrogens is 232 g/mol. The van der Waals surface area contributed by atoms with Crippen molar-refractivity contribution in [2.45, 2.75) is 57.9 Å². The Morgan fingerprint density at radius 3 is 2.53 bits per heavy atom. The van der Waals surface area contributed by atoms with E-state index in [9.17, 15) is 0 Å². The summed E-state index contributed by atoms with van der Waals surface area (Å²) in [6.45, 7) is 6.08. The van der Waals surface area contributed by atoms with Gasteiger partial charge in [-0.05, 0) is 69.4 Å². The summed E-state index contributed by atoms with van der Waals surface area (Å²) in [6.07, 6.45) is 10.4. The summed E-state index contributed by atoms with van der Waals surface area (Å²) in [5.74, 6) is 4.12. The molecule has 0 aromatic carbocycles. The monoisotopic (exact) mass is 264 g/mol. The number of nitrogens with zero attached hydrogens (tertiary/aromatic N) is 1. The summed E-state index contributed by atoms with van der Waals surface area (Å²) >= 11 is 0. The highest BCUT2D eigenvalue weighted by Gasteiger charge is 2.40. The van der Waals surface area contributed by atoms with Crippen molar-refractivity contribution < 1.29 is 0 Å². The lowest BCUT2D eigenvalue weighted by Gasteiger charge is -2.30. The number of hydrogen-bond donors (Lipinski definition) is 1. The molecule has 19 heavy (non-hydrogen) atoms. The average Bonchev–Trinajstić information content (AvgIpc) is 3.07. The quantitative estimate of drug-likeness (QED) is 0.793. The summed E-state index contributed by atoms with van der Waals surface area (Å²) in [7, 11) is 2.37. The van der Waals surface area contributed by atoms with Crippen molar-refractivity contribution in [1.82, 2.24) is 10.2 Å². The van der Waals surface area contributed by atoms with Gasteiger partial charge in [0.2, 0.25) is 0 Å². The molecule has 3 rings (SSSR count). The van der Waals surface area contributed by atoms with Crippen molar-refractivity contribution >= 4 is 0 Å². The van der Waals surface area contributed by atoms with Gasteiger partial charge in [0.05, 0.1) is 0 Å². The first kappa shape index (κ1) is 13.9. The number of nitrogens with one attached hydrogen (secondary N) is 1. The normalized spacial score (nSPS) is 41.5. The van der Waals surface area contributed by atoms with Crippen LogP contribution in [0.3, 0.4) is 0 Å². The summed E-state index contributed by atoms with van der Waals surface area (Å²) in [5.41, 5.74) is 0. The maximum absolute atomic E-state index is 3.69. The maximum Gasteiger partial charge on any atom is 0.0107 e. The number of fused-ring (bicyclic) bond motifs is 2. The third-order valence-corrected chi connectivity index (χ3v) is 6.10. The lowest BCUT2D eigenvalue weighted by Crippen LogP contribution is -2.40. The minimum atomic E-state index is 0.799. The van der Waals surface area contributed by atoms with Gasteiger partial charge in [-0.25, -0.2) is 0 Å². The highest BCUT2D eigenvalue weighted by molar-refractivity contribution is 4.92. The Morgan fingerprint density at radius 2 is 1.84 bits per heavy atom. The molecule has 5 atom stereocenters. The first-order valence-corrected chi connectivity index (χ1v) is 8.68. The van der Waals surface area contributed by atoms with E-state index in [1.54, 1.807) is 6.42 Å². The fourth-order valence-corrected chi connectivity index (χ4v) is 5.26. The largest absolute Gasteiger partial charge is 0.314 e. The zero-order valence-corrected chi connectivity index (χ0v) is 12.9. The van der Waals surface area contributed by atoms with E-state index >= 15 is 0 Å². The smallest absolute Gasteiger partial charge is 0.0107 e. The van der Waals surface area contributed by atoms with Crippen molar-refractivity contribution in [2.24, 2.45) is 23.7 Å². The second kappa shape index (κ2) is 6.13. The third-order valence-electron chi connectivity index (χ3n) is 6.10. The molecule has 2 nitrogen and oxygen atoms in total. The van der Waals surface area contributed by atoms with Crippen LogP contribution in [-0.4, -0.2) is 37.6 Å². The van der Waals surface area contributed by atoms with E-state index in [-0.39, 0.29) is 0 Å². The van der Waals surface area contributed by atoms with Gasteiger partial charge < -0.3 is 10.2 Å². The Labute approximate surface area is 119 Å². The fourth-order valence-electron chi connectivity index (χ4n) is 5.26. The van der Waals surface area contributed by atoms with Gasteiger partial charge in [0.1, 0.15) is 0 Å². The van der Waals surface area contributed by atoms with Crippen LogP contribution in [0.4, 0.5) is 0 Å². The van der Waals surface area contributed by atoms with Crippen molar-refractivity contribution in [3.05, 3.63) is 0 Å². The fraction of sp³-hybridized carbons (Fsp3) is 1.00. The Bertz CT molecular complexity index is 291. The van der Waals surface area contributed by atoms with Gasteiger partial charge in [-0.15, -0.1) is 0 Å². The zero-order chi connectivity index (χ0) is 13.2. The summed E-state index contributed by atoms with van der Waals surface area (Å²) in [6, 6.07) is 0.799. The minimum absolute atomic E-state index is 0.799. The topological polar surface area (TPSA) is 15.3 Å². The van der Waals surface area contributed by atoms with Gasteiger partial charge in [0.25, 0.3) is 0 Å². The molecule has 0 aliphatic heterocycles. The van der Waals surface area contributed by atoms with Crippen LogP contribution >= 0.6 is 0 Å². The van der Waals surface area contributed by atoms with Crippen LogP contribution in [0, 0.1) is 23.7 Å². The van der Waals surface area contributed by atoms with E-state index in [1.165, 1.54) is 51.6 Å². The molecule has 0 heterocycles. The van der Waals surface area contributed by atoms with Crippen molar-refractivity contribution in [3.63, 3.8) is 0 Å². The molecule has 3 fully saturated rings. The molecule has 0 spiro atoms. The standard InChI is InChI=1S/C17H32N2/c1-3-18-17-6-4-5-15(17)11-19(2)12-16-10-13-7-8-14(16)9-13/h13-18H,3-12H2,1-2H3. The van der Waals surface area contributed by atoms with Crippen LogP contribution in [0.1, 0.15) is 51.9 Å². The molecule has 0 amide bonds. The highest BCUT2D eigenvalue weighted by atomic mass is 15.1. The summed E-state index contributed by atoms with van der Waals surface area (Å²) in [5, 5.41) is 3.69. The van der Waals surface area contributed by atoms with Crippen LogP contribution in [0.5, 0.6) is 0 Å². The summed E-state index contributed by atoms with van der Waals surface area (Å²) < 4.78 is 0. The molecule has 3 aliphatic carbocycles. The Hall–Kier alpha value is -0.0800. The SMILES string of the molecule is CCNC1CCCC1CN(C)CC1CC2CCC1C2. The molecule has 2 heteroatoms. The van der Waals surface area contributed by atoms with E-state index in [1.807, 2.05) is 0 Å². The average molecular weight is 264 g/mol. The minimum Gasteiger partial charge on any atom is -0.314 e. The molecule has 0 radical (unpaired) electrons. The number of rotatable bonds is 6. The van der Waals surface area contributed by atoms with E-state index in [2.05, 4.69) is 24.2 Å².